The maximum atomic E-state index is 8.74. The lowest BCUT2D eigenvalue weighted by Crippen LogP contribution is -1.89. The summed E-state index contributed by atoms with van der Waals surface area (Å²) in [5.74, 6) is 0. The van der Waals surface area contributed by atoms with Crippen molar-refractivity contribution < 1.29 is 17.5 Å². The van der Waals surface area contributed by atoms with Crippen LogP contribution >= 0.6 is 0 Å². The molecule has 0 aromatic rings. The van der Waals surface area contributed by atoms with Gasteiger partial charge in [0.2, 0.25) is 0 Å². The van der Waals surface area contributed by atoms with Gasteiger partial charge >= 0.3 is 10.4 Å². The summed E-state index contributed by atoms with van der Waals surface area (Å²) in [7, 11) is -4.67. The van der Waals surface area contributed by atoms with Gasteiger partial charge in [0.05, 0.1) is 0 Å². The quantitative estimate of drug-likeness (QED) is 0.360. The second kappa shape index (κ2) is 44.0. The highest BCUT2D eigenvalue weighted by Gasteiger charge is 1.84. The van der Waals surface area contributed by atoms with Gasteiger partial charge in [0.25, 0.3) is 0 Å². The van der Waals surface area contributed by atoms with E-state index in [4.69, 9.17) is 17.5 Å². The molecule has 0 aliphatic carbocycles. The van der Waals surface area contributed by atoms with E-state index in [0.717, 1.165) is 0 Å². The van der Waals surface area contributed by atoms with Crippen LogP contribution in [0.25, 0.3) is 0 Å². The highest BCUT2D eigenvalue weighted by atomic mass is 32.3. The van der Waals surface area contributed by atoms with E-state index in [1.54, 1.807) is 0 Å². The summed E-state index contributed by atoms with van der Waals surface area (Å²) in [5.41, 5.74) is 0. The first kappa shape index (κ1) is 40.3. The van der Waals surface area contributed by atoms with Crippen molar-refractivity contribution in [2.24, 2.45) is 0 Å². The van der Waals surface area contributed by atoms with Crippen molar-refractivity contribution in [1.82, 2.24) is 12.3 Å². The van der Waals surface area contributed by atoms with Gasteiger partial charge in [-0.2, -0.15) is 8.42 Å². The summed E-state index contributed by atoms with van der Waals surface area (Å²) in [6.45, 7) is 18.0. The Hall–Kier alpha value is -0.990. The van der Waals surface area contributed by atoms with Crippen molar-refractivity contribution in [3.8, 4) is 0 Å². The molecule has 0 bridgehead atoms. The van der Waals surface area contributed by atoms with Gasteiger partial charge in [-0.05, 0) is 0 Å². The Balaban J connectivity index is -0.0000000135. The summed E-state index contributed by atoms with van der Waals surface area (Å²) < 4.78 is 31.6. The van der Waals surface area contributed by atoms with Gasteiger partial charge in [-0.3, -0.25) is 9.11 Å². The predicted octanol–water partition coefficient (Wildman–Crippen LogP) is 2.08. The van der Waals surface area contributed by atoms with E-state index in [0.29, 0.717) is 0 Å². The summed E-state index contributed by atoms with van der Waals surface area (Å²) in [6, 6.07) is 0. The first-order chi connectivity index (χ1) is 5.00. The van der Waals surface area contributed by atoms with Crippen LogP contribution in [0, 0.1) is 0 Å². The molecule has 0 heterocycles. The Kier molecular flexibility index (Phi) is 136. The summed E-state index contributed by atoms with van der Waals surface area (Å²) >= 11 is 0. The van der Waals surface area contributed by atoms with Crippen LogP contribution in [-0.4, -0.2) is 17.5 Å². The van der Waals surface area contributed by atoms with Crippen LogP contribution in [0.3, 0.4) is 0 Å². The maximum absolute atomic E-state index is 8.74. The maximum Gasteiger partial charge on any atom is 0.394 e. The molecule has 0 aromatic carbocycles. The van der Waals surface area contributed by atoms with E-state index in [-0.39, 0.29) is 12.3 Å². The standard InChI is InChI=1S/3C2H4.2H3N.H2O4S/c3*1-2;;;1-5(2,3)4/h3*1-2H2;2*1H3;(H2,1,2,3,4). The fourth-order valence-corrected chi connectivity index (χ4v) is 0. The number of hydrogen-bond acceptors (Lipinski definition) is 4. The first-order valence-corrected chi connectivity index (χ1v) is 3.60. The molecule has 0 atom stereocenters. The molecule has 0 unspecified atom stereocenters. The Bertz CT molecular complexity index is 134. The van der Waals surface area contributed by atoms with Gasteiger partial charge in [0.15, 0.2) is 0 Å². The SMILES string of the molecule is C=C.C=C.C=C.N.N.O=S(=O)(O)O. The van der Waals surface area contributed by atoms with E-state index < -0.39 is 10.4 Å². The van der Waals surface area contributed by atoms with Crippen LogP contribution in [0.4, 0.5) is 0 Å². The van der Waals surface area contributed by atoms with Crippen molar-refractivity contribution >= 4 is 10.4 Å². The van der Waals surface area contributed by atoms with Crippen molar-refractivity contribution in [2.75, 3.05) is 0 Å². The van der Waals surface area contributed by atoms with Crippen LogP contribution in [0.15, 0.2) is 39.5 Å². The molecule has 84 valence electrons. The van der Waals surface area contributed by atoms with Crippen LogP contribution in [0.5, 0.6) is 0 Å². The van der Waals surface area contributed by atoms with Gasteiger partial charge in [0, 0.05) is 0 Å². The van der Waals surface area contributed by atoms with Gasteiger partial charge in [-0.25, -0.2) is 0 Å². The van der Waals surface area contributed by atoms with Crippen LogP contribution in [-0.2, 0) is 10.4 Å². The molecule has 0 saturated carbocycles. The molecule has 0 fully saturated rings. The molecule has 8 N–H and O–H groups in total. The minimum atomic E-state index is -4.67. The van der Waals surface area contributed by atoms with Crippen molar-refractivity contribution in [2.45, 2.75) is 0 Å². The summed E-state index contributed by atoms with van der Waals surface area (Å²) in [5, 5.41) is 0. The Morgan fingerprint density at radius 2 is 0.692 bits per heavy atom. The molecular formula is C6H20N2O4S. The zero-order chi connectivity index (χ0) is 10.5. The summed E-state index contributed by atoms with van der Waals surface area (Å²) in [6.07, 6.45) is 0. The third-order valence-electron chi connectivity index (χ3n) is 0. The van der Waals surface area contributed by atoms with Crippen molar-refractivity contribution in [3.05, 3.63) is 39.5 Å². The lowest BCUT2D eigenvalue weighted by molar-refractivity contribution is 0.381. The van der Waals surface area contributed by atoms with E-state index in [2.05, 4.69) is 39.5 Å². The fourth-order valence-electron chi connectivity index (χ4n) is 0. The average molecular weight is 216 g/mol. The minimum absolute atomic E-state index is 0. The number of rotatable bonds is 0. The van der Waals surface area contributed by atoms with E-state index in [9.17, 15) is 0 Å². The molecule has 0 radical (unpaired) electrons. The number of hydrogen-bond donors (Lipinski definition) is 4. The Morgan fingerprint density at radius 3 is 0.692 bits per heavy atom. The monoisotopic (exact) mass is 216 g/mol. The molecule has 0 aromatic heterocycles. The Labute approximate surface area is 80.4 Å². The molecular weight excluding hydrogens is 196 g/mol. The van der Waals surface area contributed by atoms with Gasteiger partial charge in [0.1, 0.15) is 0 Å². The molecule has 0 amide bonds. The van der Waals surface area contributed by atoms with E-state index in [1.165, 1.54) is 0 Å². The third-order valence-corrected chi connectivity index (χ3v) is 0. The molecule has 0 aliphatic rings. The lowest BCUT2D eigenvalue weighted by atomic mass is 11.3. The Morgan fingerprint density at radius 1 is 0.692 bits per heavy atom. The summed E-state index contributed by atoms with van der Waals surface area (Å²) in [4.78, 5) is 0. The molecule has 7 heteroatoms. The highest BCUT2D eigenvalue weighted by Crippen LogP contribution is 1.59. The zero-order valence-corrected chi connectivity index (χ0v) is 8.59. The largest absolute Gasteiger partial charge is 0.394 e. The van der Waals surface area contributed by atoms with Crippen molar-refractivity contribution in [3.63, 3.8) is 0 Å². The zero-order valence-electron chi connectivity index (χ0n) is 7.78. The van der Waals surface area contributed by atoms with Gasteiger partial charge in [-0.15, -0.1) is 39.5 Å². The molecule has 0 spiro atoms. The first-order valence-electron chi connectivity index (χ1n) is 2.20. The van der Waals surface area contributed by atoms with Gasteiger partial charge < -0.3 is 12.3 Å². The topological polar surface area (TPSA) is 145 Å². The van der Waals surface area contributed by atoms with Crippen LogP contribution in [0.2, 0.25) is 0 Å². The smallest absolute Gasteiger partial charge is 0.344 e. The van der Waals surface area contributed by atoms with Crippen LogP contribution < -0.4 is 12.3 Å². The highest BCUT2D eigenvalue weighted by molar-refractivity contribution is 7.79. The van der Waals surface area contributed by atoms with Gasteiger partial charge in [-0.1, -0.05) is 0 Å². The molecule has 6 nitrogen and oxygen atoms in total. The second-order valence-corrected chi connectivity index (χ2v) is 1.34. The average Bonchev–Trinajstić information content (AvgIpc) is 1.96. The van der Waals surface area contributed by atoms with Crippen molar-refractivity contribution in [1.29, 1.82) is 0 Å². The molecule has 0 aliphatic heterocycles. The lowest BCUT2D eigenvalue weighted by Gasteiger charge is -1.68. The molecule has 0 saturated heterocycles. The second-order valence-electron chi connectivity index (χ2n) is 0.448. The van der Waals surface area contributed by atoms with E-state index >= 15 is 0 Å². The van der Waals surface area contributed by atoms with Crippen LogP contribution in [0.1, 0.15) is 0 Å². The third kappa shape index (κ3) is 912. The van der Waals surface area contributed by atoms with E-state index in [1.807, 2.05) is 0 Å². The minimum Gasteiger partial charge on any atom is -0.344 e. The molecule has 13 heavy (non-hydrogen) atoms. The predicted molar refractivity (Wildman–Crippen MR) is 58.0 cm³/mol. The normalized spacial score (nSPS) is 5.38. The molecule has 0 rings (SSSR count). The fraction of sp³-hybridized carbons (Fsp3) is 0.